The summed E-state index contributed by atoms with van der Waals surface area (Å²) in [5, 5.41) is 11.3. The van der Waals surface area contributed by atoms with E-state index < -0.39 is 4.92 Å². The lowest BCUT2D eigenvalue weighted by Gasteiger charge is -2.21. The van der Waals surface area contributed by atoms with E-state index in [9.17, 15) is 14.9 Å². The van der Waals surface area contributed by atoms with Crippen LogP contribution in [0.15, 0.2) is 17.0 Å². The second kappa shape index (κ2) is 7.68. The molecule has 1 aromatic rings. The molecule has 0 N–H and O–H groups in total. The highest BCUT2D eigenvalue weighted by Gasteiger charge is 2.27. The van der Waals surface area contributed by atoms with Crippen molar-refractivity contribution in [2.45, 2.75) is 30.6 Å². The molecule has 23 heavy (non-hydrogen) atoms. The van der Waals surface area contributed by atoms with Gasteiger partial charge in [0.15, 0.2) is 0 Å². The first kappa shape index (κ1) is 17.6. The Morgan fingerprint density at radius 3 is 2.61 bits per heavy atom. The van der Waals surface area contributed by atoms with Gasteiger partial charge in [-0.2, -0.15) is 0 Å². The fourth-order valence-electron chi connectivity index (χ4n) is 3.06. The number of carbonyl (C=O) groups excluding carboxylic acids is 1. The van der Waals surface area contributed by atoms with E-state index in [1.807, 2.05) is 6.26 Å². The topological polar surface area (TPSA) is 72.7 Å². The largest absolute Gasteiger partial charge is 0.495 e. The third-order valence-corrected chi connectivity index (χ3v) is 5.04. The van der Waals surface area contributed by atoms with Crippen LogP contribution in [0.1, 0.15) is 36.0 Å². The molecule has 0 aliphatic heterocycles. The zero-order valence-electron chi connectivity index (χ0n) is 13.7. The number of methoxy groups -OCH3 is 1. The van der Waals surface area contributed by atoms with Gasteiger partial charge in [-0.05, 0) is 31.1 Å². The van der Waals surface area contributed by atoms with E-state index in [4.69, 9.17) is 4.74 Å². The average Bonchev–Trinajstić information content (AvgIpc) is 3.05. The highest BCUT2D eigenvalue weighted by Crippen LogP contribution is 2.35. The number of hydrogen-bond donors (Lipinski definition) is 0. The van der Waals surface area contributed by atoms with Crippen LogP contribution in [-0.2, 0) is 0 Å². The van der Waals surface area contributed by atoms with Gasteiger partial charge in [0.2, 0.25) is 0 Å². The number of hydrogen-bond acceptors (Lipinski definition) is 5. The summed E-state index contributed by atoms with van der Waals surface area (Å²) in [5.74, 6) is 0.613. The summed E-state index contributed by atoms with van der Waals surface area (Å²) >= 11 is 1.40. The lowest BCUT2D eigenvalue weighted by Crippen LogP contribution is -2.31. The van der Waals surface area contributed by atoms with E-state index in [2.05, 4.69) is 0 Å². The van der Waals surface area contributed by atoms with Gasteiger partial charge in [-0.15, -0.1) is 11.8 Å². The average molecular weight is 338 g/mol. The van der Waals surface area contributed by atoms with E-state index in [1.54, 1.807) is 18.0 Å². The Morgan fingerprint density at radius 2 is 2.09 bits per heavy atom. The van der Waals surface area contributed by atoms with E-state index in [0.717, 1.165) is 17.7 Å². The maximum atomic E-state index is 12.7. The quantitative estimate of drug-likeness (QED) is 0.450. The fourth-order valence-corrected chi connectivity index (χ4v) is 3.64. The maximum absolute atomic E-state index is 12.7. The highest BCUT2D eigenvalue weighted by molar-refractivity contribution is 7.98. The molecule has 0 atom stereocenters. The monoisotopic (exact) mass is 338 g/mol. The van der Waals surface area contributed by atoms with Crippen LogP contribution in [0, 0.1) is 16.0 Å². The molecule has 0 unspecified atom stereocenters. The summed E-state index contributed by atoms with van der Waals surface area (Å²) in [4.78, 5) is 25.8. The van der Waals surface area contributed by atoms with E-state index >= 15 is 0 Å². The minimum absolute atomic E-state index is 0.126. The summed E-state index contributed by atoms with van der Waals surface area (Å²) in [6.07, 6.45) is 6.50. The number of benzene rings is 1. The Hall–Kier alpha value is -1.76. The van der Waals surface area contributed by atoms with Crippen LogP contribution in [0.25, 0.3) is 0 Å². The summed E-state index contributed by atoms with van der Waals surface area (Å²) < 4.78 is 5.18. The number of ether oxygens (including phenoxy) is 1. The van der Waals surface area contributed by atoms with Crippen LogP contribution < -0.4 is 4.74 Å². The van der Waals surface area contributed by atoms with Crippen molar-refractivity contribution in [3.63, 3.8) is 0 Å². The molecule has 1 aromatic carbocycles. The number of nitrogens with zero attached hydrogens (tertiary/aromatic N) is 2. The molecule has 0 radical (unpaired) electrons. The normalized spacial score (nSPS) is 14.7. The molecule has 1 amide bonds. The summed E-state index contributed by atoms with van der Waals surface area (Å²) in [6, 6.07) is 2.90. The molecule has 1 saturated carbocycles. The molecular weight excluding hydrogens is 316 g/mol. The van der Waals surface area contributed by atoms with Crippen LogP contribution >= 0.6 is 11.8 Å². The number of carbonyl (C=O) groups is 1. The molecule has 2 rings (SSSR count). The number of nitro benzene ring substituents is 1. The van der Waals surface area contributed by atoms with Crippen molar-refractivity contribution in [3.8, 4) is 5.75 Å². The standard InChI is InChI=1S/C16H22N2O4S/c1-17(10-11-6-4-5-7-11)16(19)12-8-15(23-3)14(22-2)9-13(12)18(20)21/h8-9,11H,4-7,10H2,1-3H3. The van der Waals surface area contributed by atoms with Crippen LogP contribution in [0.5, 0.6) is 5.75 Å². The summed E-state index contributed by atoms with van der Waals surface area (Å²) in [7, 11) is 3.18. The van der Waals surface area contributed by atoms with Crippen molar-refractivity contribution in [2.75, 3.05) is 27.0 Å². The Labute approximate surface area is 140 Å². The van der Waals surface area contributed by atoms with E-state index in [-0.39, 0.29) is 17.2 Å². The predicted molar refractivity (Wildman–Crippen MR) is 90.3 cm³/mol. The Morgan fingerprint density at radius 1 is 1.43 bits per heavy atom. The number of nitro groups is 1. The van der Waals surface area contributed by atoms with Crippen LogP contribution in [0.4, 0.5) is 5.69 Å². The van der Waals surface area contributed by atoms with Crippen molar-refractivity contribution in [2.24, 2.45) is 5.92 Å². The molecule has 0 bridgehead atoms. The van der Waals surface area contributed by atoms with Crippen molar-refractivity contribution in [1.82, 2.24) is 4.90 Å². The van der Waals surface area contributed by atoms with Gasteiger partial charge in [0, 0.05) is 13.6 Å². The van der Waals surface area contributed by atoms with Gasteiger partial charge in [-0.1, -0.05) is 12.8 Å². The second-order valence-corrected chi connectivity index (χ2v) is 6.67. The lowest BCUT2D eigenvalue weighted by atomic mass is 10.1. The summed E-state index contributed by atoms with van der Waals surface area (Å²) in [6.45, 7) is 0.649. The molecule has 0 aromatic heterocycles. The predicted octanol–water partition coefficient (Wildman–Crippen LogP) is 3.59. The van der Waals surface area contributed by atoms with Crippen molar-refractivity contribution < 1.29 is 14.5 Å². The SMILES string of the molecule is COc1cc([N+](=O)[O-])c(C(=O)N(C)CC2CCCC2)cc1SC. The minimum atomic E-state index is -0.525. The lowest BCUT2D eigenvalue weighted by molar-refractivity contribution is -0.385. The molecular formula is C16H22N2O4S. The molecule has 1 aliphatic carbocycles. The Kier molecular flexibility index (Phi) is 5.87. The van der Waals surface area contributed by atoms with Crippen LogP contribution in [0.3, 0.4) is 0 Å². The zero-order valence-corrected chi connectivity index (χ0v) is 14.5. The molecule has 7 heteroatoms. The van der Waals surface area contributed by atoms with Gasteiger partial charge in [0.05, 0.1) is 23.0 Å². The summed E-state index contributed by atoms with van der Waals surface area (Å²) in [5.41, 5.74) is -0.0800. The molecule has 0 saturated heterocycles. The van der Waals surface area contributed by atoms with Gasteiger partial charge < -0.3 is 9.64 Å². The third kappa shape index (κ3) is 3.96. The number of rotatable bonds is 6. The van der Waals surface area contributed by atoms with Crippen molar-refractivity contribution in [1.29, 1.82) is 0 Å². The van der Waals surface area contributed by atoms with Crippen molar-refractivity contribution >= 4 is 23.4 Å². The Bertz CT molecular complexity index is 600. The van der Waals surface area contributed by atoms with Crippen LogP contribution in [0.2, 0.25) is 0 Å². The van der Waals surface area contributed by atoms with E-state index in [0.29, 0.717) is 18.2 Å². The molecule has 1 fully saturated rings. The van der Waals surface area contributed by atoms with E-state index in [1.165, 1.54) is 37.8 Å². The Balaban J connectivity index is 2.31. The van der Waals surface area contributed by atoms with Crippen LogP contribution in [-0.4, -0.2) is 42.7 Å². The first-order valence-corrected chi connectivity index (χ1v) is 8.86. The van der Waals surface area contributed by atoms with Gasteiger partial charge in [-0.3, -0.25) is 14.9 Å². The first-order valence-electron chi connectivity index (χ1n) is 7.63. The third-order valence-electron chi connectivity index (χ3n) is 4.28. The fraction of sp³-hybridized carbons (Fsp3) is 0.562. The van der Waals surface area contributed by atoms with Gasteiger partial charge in [-0.25, -0.2) is 0 Å². The van der Waals surface area contributed by atoms with Gasteiger partial charge >= 0.3 is 0 Å². The molecule has 1 aliphatic rings. The molecule has 126 valence electrons. The smallest absolute Gasteiger partial charge is 0.285 e. The maximum Gasteiger partial charge on any atom is 0.285 e. The number of amides is 1. The van der Waals surface area contributed by atoms with Gasteiger partial charge in [0.1, 0.15) is 11.3 Å². The first-order chi connectivity index (χ1) is 11.0. The van der Waals surface area contributed by atoms with Crippen molar-refractivity contribution in [3.05, 3.63) is 27.8 Å². The molecule has 0 heterocycles. The number of thioether (sulfide) groups is 1. The molecule has 6 nitrogen and oxygen atoms in total. The van der Waals surface area contributed by atoms with Gasteiger partial charge in [0.25, 0.3) is 11.6 Å². The second-order valence-electron chi connectivity index (χ2n) is 5.82. The minimum Gasteiger partial charge on any atom is -0.495 e. The zero-order chi connectivity index (χ0) is 17.0. The molecule has 0 spiro atoms. The highest BCUT2D eigenvalue weighted by atomic mass is 32.2.